The number of hydrogen-bond donors (Lipinski definition) is 2. The van der Waals surface area contributed by atoms with Crippen LogP contribution in [0.15, 0.2) is 36.4 Å². The second-order valence-electron chi connectivity index (χ2n) is 10.7. The lowest BCUT2D eigenvalue weighted by Gasteiger charge is -2.26. The second-order valence-corrected chi connectivity index (χ2v) is 10.7. The summed E-state index contributed by atoms with van der Waals surface area (Å²) in [4.78, 5) is 19.2. The highest BCUT2D eigenvalue weighted by atomic mass is 16.5. The van der Waals surface area contributed by atoms with E-state index in [4.69, 9.17) is 9.72 Å². The average molecular weight is 478 g/mol. The summed E-state index contributed by atoms with van der Waals surface area (Å²) in [6, 6.07) is 11.9. The summed E-state index contributed by atoms with van der Waals surface area (Å²) in [6.07, 6.45) is 8.56. The molecule has 35 heavy (non-hydrogen) atoms. The van der Waals surface area contributed by atoms with Crippen molar-refractivity contribution < 1.29 is 14.6 Å². The van der Waals surface area contributed by atoms with Gasteiger partial charge in [0.2, 0.25) is 0 Å². The van der Waals surface area contributed by atoms with Gasteiger partial charge in [0.25, 0.3) is 0 Å². The van der Waals surface area contributed by atoms with Crippen LogP contribution in [0.1, 0.15) is 67.5 Å². The fraction of sp³-hybridized carbons (Fsp3) is 0.586. The maximum atomic E-state index is 12.3. The molecule has 0 spiro atoms. The minimum absolute atomic E-state index is 0.110. The van der Waals surface area contributed by atoms with Gasteiger partial charge in [-0.05, 0) is 86.0 Å². The number of anilines is 1. The normalized spacial score (nSPS) is 24.5. The van der Waals surface area contributed by atoms with Crippen molar-refractivity contribution in [3.05, 3.63) is 58.8 Å². The zero-order chi connectivity index (χ0) is 24.2. The van der Waals surface area contributed by atoms with Gasteiger partial charge in [0.05, 0.1) is 6.10 Å². The van der Waals surface area contributed by atoms with Crippen molar-refractivity contribution in [1.29, 1.82) is 0 Å². The Morgan fingerprint density at radius 2 is 2.11 bits per heavy atom. The van der Waals surface area contributed by atoms with Crippen LogP contribution < -0.4 is 5.32 Å². The number of rotatable bonds is 11. The number of ether oxygens (including phenoxy) is 1. The Labute approximate surface area is 209 Å². The molecule has 0 bridgehead atoms. The standard InChI is InChI=1S/C29H39N3O3/c1-20-17-23(20)18-22-7-2-3-10-26(22)27(29(33)34)32-15-13-25(19-32)35-16-5-4-9-24-12-11-21-8-6-14-30-28(21)31-24/h2-3,7,10-12,20,23,25,27H,4-6,8-9,13-19H2,1H3,(H,30,31)(H,33,34)/t20?,23?,25-,27+/m1/s1. The molecule has 2 aliphatic heterocycles. The van der Waals surface area contributed by atoms with Gasteiger partial charge in [0, 0.05) is 31.9 Å². The van der Waals surface area contributed by atoms with E-state index in [2.05, 4.69) is 35.3 Å². The number of aromatic nitrogens is 1. The highest BCUT2D eigenvalue weighted by Crippen LogP contribution is 2.42. The number of benzene rings is 1. The Bertz CT molecular complexity index is 1030. The van der Waals surface area contributed by atoms with E-state index >= 15 is 0 Å². The predicted octanol–water partition coefficient (Wildman–Crippen LogP) is 4.88. The molecule has 2 aromatic rings. The Morgan fingerprint density at radius 3 is 2.94 bits per heavy atom. The molecule has 188 valence electrons. The fourth-order valence-corrected chi connectivity index (χ4v) is 5.73. The monoisotopic (exact) mass is 477 g/mol. The number of nitrogens with zero attached hydrogens (tertiary/aromatic N) is 2. The van der Waals surface area contributed by atoms with Gasteiger partial charge >= 0.3 is 5.97 Å². The molecule has 1 aromatic heterocycles. The molecular formula is C29H39N3O3. The van der Waals surface area contributed by atoms with Crippen molar-refractivity contribution in [2.45, 2.75) is 70.4 Å². The molecule has 0 radical (unpaired) electrons. The molecule has 5 rings (SSSR count). The van der Waals surface area contributed by atoms with E-state index < -0.39 is 12.0 Å². The number of unbranched alkanes of at least 4 members (excludes halogenated alkanes) is 1. The van der Waals surface area contributed by atoms with Crippen molar-refractivity contribution in [2.75, 3.05) is 31.6 Å². The first kappa shape index (κ1) is 24.3. The molecule has 3 aliphatic rings. The number of aryl methyl sites for hydroxylation is 2. The minimum atomic E-state index is -0.756. The Morgan fingerprint density at radius 1 is 1.26 bits per heavy atom. The molecule has 0 amide bonds. The Kier molecular flexibility index (Phi) is 7.69. The molecule has 1 aromatic carbocycles. The van der Waals surface area contributed by atoms with Crippen LogP contribution in [0.25, 0.3) is 0 Å². The fourth-order valence-electron chi connectivity index (χ4n) is 5.73. The molecule has 4 atom stereocenters. The summed E-state index contributed by atoms with van der Waals surface area (Å²) < 4.78 is 6.18. The van der Waals surface area contributed by atoms with Crippen LogP contribution in [0.3, 0.4) is 0 Å². The topological polar surface area (TPSA) is 74.7 Å². The molecule has 2 unspecified atom stereocenters. The SMILES string of the molecule is CC1CC1Cc1ccccc1[C@@H](C(=O)O)N1CC[C@@H](OCCCCc2ccc3c(n2)NCCC3)C1. The quantitative estimate of drug-likeness (QED) is 0.450. The average Bonchev–Trinajstić information content (AvgIpc) is 3.35. The maximum Gasteiger partial charge on any atom is 0.325 e. The van der Waals surface area contributed by atoms with Crippen molar-refractivity contribution >= 4 is 11.8 Å². The molecule has 6 nitrogen and oxygen atoms in total. The van der Waals surface area contributed by atoms with E-state index in [1.165, 1.54) is 24.0 Å². The first-order valence-corrected chi connectivity index (χ1v) is 13.5. The first-order valence-electron chi connectivity index (χ1n) is 13.5. The third-order valence-electron chi connectivity index (χ3n) is 8.02. The van der Waals surface area contributed by atoms with Crippen molar-refractivity contribution in [3.63, 3.8) is 0 Å². The number of fused-ring (bicyclic) bond motifs is 1. The van der Waals surface area contributed by atoms with Crippen molar-refractivity contribution in [2.24, 2.45) is 11.8 Å². The van der Waals surface area contributed by atoms with Crippen LogP contribution in [0.5, 0.6) is 0 Å². The number of carboxylic acids is 1. The van der Waals surface area contributed by atoms with Gasteiger partial charge in [-0.3, -0.25) is 9.69 Å². The smallest absolute Gasteiger partial charge is 0.325 e. The van der Waals surface area contributed by atoms with Gasteiger partial charge in [-0.15, -0.1) is 0 Å². The minimum Gasteiger partial charge on any atom is -0.480 e. The summed E-state index contributed by atoms with van der Waals surface area (Å²) in [7, 11) is 0. The summed E-state index contributed by atoms with van der Waals surface area (Å²) in [5.41, 5.74) is 4.64. The van der Waals surface area contributed by atoms with Gasteiger partial charge in [0.1, 0.15) is 11.9 Å². The van der Waals surface area contributed by atoms with Gasteiger partial charge < -0.3 is 15.2 Å². The maximum absolute atomic E-state index is 12.3. The molecule has 1 saturated heterocycles. The number of aliphatic carboxylic acids is 1. The largest absolute Gasteiger partial charge is 0.480 e. The molecule has 3 heterocycles. The van der Waals surface area contributed by atoms with E-state index in [1.807, 2.05) is 18.2 Å². The zero-order valence-electron chi connectivity index (χ0n) is 20.9. The number of carboxylic acid groups (broad SMARTS) is 1. The zero-order valence-corrected chi connectivity index (χ0v) is 20.9. The molecule has 2 fully saturated rings. The van der Waals surface area contributed by atoms with Crippen molar-refractivity contribution in [3.8, 4) is 0 Å². The van der Waals surface area contributed by atoms with Crippen LogP contribution in [-0.2, 0) is 28.8 Å². The first-order chi connectivity index (χ1) is 17.1. The van der Waals surface area contributed by atoms with Gasteiger partial charge in [-0.25, -0.2) is 4.98 Å². The Hall–Kier alpha value is -2.44. The van der Waals surface area contributed by atoms with E-state index in [9.17, 15) is 9.90 Å². The van der Waals surface area contributed by atoms with Crippen molar-refractivity contribution in [1.82, 2.24) is 9.88 Å². The lowest BCUT2D eigenvalue weighted by molar-refractivity contribution is -0.143. The van der Waals surface area contributed by atoms with Crippen LogP contribution in [0.4, 0.5) is 5.82 Å². The lowest BCUT2D eigenvalue weighted by atomic mass is 9.95. The molecule has 1 saturated carbocycles. The van der Waals surface area contributed by atoms with Crippen LogP contribution in [0.2, 0.25) is 0 Å². The number of hydrogen-bond acceptors (Lipinski definition) is 5. The lowest BCUT2D eigenvalue weighted by Crippen LogP contribution is -2.34. The van der Waals surface area contributed by atoms with Crippen LogP contribution in [0, 0.1) is 11.8 Å². The number of likely N-dealkylation sites (tertiary alicyclic amines) is 1. The van der Waals surface area contributed by atoms with Gasteiger partial charge in [-0.2, -0.15) is 0 Å². The predicted molar refractivity (Wildman–Crippen MR) is 138 cm³/mol. The molecule has 6 heteroatoms. The molecule has 1 aliphatic carbocycles. The van der Waals surface area contributed by atoms with E-state index in [-0.39, 0.29) is 6.10 Å². The number of pyridine rings is 1. The van der Waals surface area contributed by atoms with Gasteiger partial charge in [0.15, 0.2) is 0 Å². The summed E-state index contributed by atoms with van der Waals surface area (Å²) >= 11 is 0. The third-order valence-corrected chi connectivity index (χ3v) is 8.02. The van der Waals surface area contributed by atoms with E-state index in [1.54, 1.807) is 0 Å². The van der Waals surface area contributed by atoms with Crippen LogP contribution >= 0.6 is 0 Å². The number of carbonyl (C=O) groups is 1. The second kappa shape index (κ2) is 11.1. The summed E-state index contributed by atoms with van der Waals surface area (Å²) in [5, 5.41) is 13.5. The molecular weight excluding hydrogens is 438 g/mol. The van der Waals surface area contributed by atoms with E-state index in [0.29, 0.717) is 12.5 Å². The van der Waals surface area contributed by atoms with E-state index in [0.717, 1.165) is 81.2 Å². The highest BCUT2D eigenvalue weighted by Gasteiger charge is 2.37. The molecule has 2 N–H and O–H groups in total. The Balaban J connectivity index is 1.09. The number of nitrogens with one attached hydrogen (secondary N) is 1. The summed E-state index contributed by atoms with van der Waals surface area (Å²) in [6.45, 7) is 5.47. The third kappa shape index (κ3) is 6.04. The summed E-state index contributed by atoms with van der Waals surface area (Å²) in [5.74, 6) is 1.77. The van der Waals surface area contributed by atoms with Crippen LogP contribution in [-0.4, -0.2) is 53.3 Å². The highest BCUT2D eigenvalue weighted by molar-refractivity contribution is 5.76. The van der Waals surface area contributed by atoms with Gasteiger partial charge in [-0.1, -0.05) is 37.3 Å².